The molecule has 1 aliphatic rings. The quantitative estimate of drug-likeness (QED) is 0.919. The van der Waals surface area contributed by atoms with Crippen LogP contribution in [-0.4, -0.2) is 33.6 Å². The number of fused-ring (bicyclic) bond motifs is 1. The second-order valence-electron chi connectivity index (χ2n) is 5.87. The lowest BCUT2D eigenvalue weighted by molar-refractivity contribution is 0.419. The van der Waals surface area contributed by atoms with Crippen LogP contribution >= 0.6 is 0 Å². The smallest absolute Gasteiger partial charge is 0.150 e. The van der Waals surface area contributed by atoms with Crippen molar-refractivity contribution >= 4 is 20.6 Å². The van der Waals surface area contributed by atoms with Crippen LogP contribution in [0.25, 0.3) is 10.8 Å². The standard InChI is InChI=1S/C17H21NO3S/c1-21-17-7-6-14(15-4-2-3-5-16(15)17)11-18-10-13-8-9-22(19,20)12-13/h2-7,13,18H,8-12H2,1H3/t13-/m1/s1. The maximum absolute atomic E-state index is 11.5. The highest BCUT2D eigenvalue weighted by Crippen LogP contribution is 2.28. The predicted molar refractivity (Wildman–Crippen MR) is 89.0 cm³/mol. The van der Waals surface area contributed by atoms with Gasteiger partial charge in [0.2, 0.25) is 0 Å². The first-order valence-electron chi connectivity index (χ1n) is 7.55. The summed E-state index contributed by atoms with van der Waals surface area (Å²) in [6.07, 6.45) is 0.776. The molecule has 0 unspecified atom stereocenters. The lowest BCUT2D eigenvalue weighted by Crippen LogP contribution is -2.23. The monoisotopic (exact) mass is 319 g/mol. The van der Waals surface area contributed by atoms with Gasteiger partial charge in [0.05, 0.1) is 18.6 Å². The van der Waals surface area contributed by atoms with Crippen LogP contribution in [0, 0.1) is 5.92 Å². The van der Waals surface area contributed by atoms with Crippen molar-refractivity contribution in [2.75, 3.05) is 25.2 Å². The van der Waals surface area contributed by atoms with Crippen LogP contribution in [0.5, 0.6) is 5.75 Å². The van der Waals surface area contributed by atoms with E-state index in [1.165, 1.54) is 10.9 Å². The van der Waals surface area contributed by atoms with E-state index in [0.29, 0.717) is 11.5 Å². The van der Waals surface area contributed by atoms with Gasteiger partial charge in [0.25, 0.3) is 0 Å². The molecule has 4 nitrogen and oxygen atoms in total. The Balaban J connectivity index is 1.70. The minimum absolute atomic E-state index is 0.245. The Hall–Kier alpha value is -1.59. The molecule has 1 N–H and O–H groups in total. The van der Waals surface area contributed by atoms with Gasteiger partial charge in [0.1, 0.15) is 5.75 Å². The van der Waals surface area contributed by atoms with E-state index < -0.39 is 9.84 Å². The molecule has 0 aliphatic carbocycles. The average molecular weight is 319 g/mol. The topological polar surface area (TPSA) is 55.4 Å². The molecule has 0 saturated carbocycles. The van der Waals surface area contributed by atoms with Crippen molar-refractivity contribution in [3.8, 4) is 5.75 Å². The van der Waals surface area contributed by atoms with Crippen molar-refractivity contribution in [1.29, 1.82) is 0 Å². The van der Waals surface area contributed by atoms with E-state index in [9.17, 15) is 8.42 Å². The van der Waals surface area contributed by atoms with Gasteiger partial charge in [0, 0.05) is 11.9 Å². The van der Waals surface area contributed by atoms with Crippen LogP contribution in [0.4, 0.5) is 0 Å². The van der Waals surface area contributed by atoms with Crippen LogP contribution in [0.15, 0.2) is 36.4 Å². The Kier molecular flexibility index (Phi) is 4.36. The van der Waals surface area contributed by atoms with Crippen LogP contribution in [0.3, 0.4) is 0 Å². The molecule has 0 spiro atoms. The summed E-state index contributed by atoms with van der Waals surface area (Å²) in [4.78, 5) is 0. The first kappa shape index (κ1) is 15.3. The number of benzene rings is 2. The minimum atomic E-state index is -2.79. The van der Waals surface area contributed by atoms with Gasteiger partial charge < -0.3 is 10.1 Å². The fourth-order valence-corrected chi connectivity index (χ4v) is 4.97. The summed E-state index contributed by atoms with van der Waals surface area (Å²) in [6.45, 7) is 1.49. The van der Waals surface area contributed by atoms with Crippen LogP contribution < -0.4 is 10.1 Å². The van der Waals surface area contributed by atoms with E-state index in [-0.39, 0.29) is 5.92 Å². The predicted octanol–water partition coefficient (Wildman–Crippen LogP) is 2.37. The highest BCUT2D eigenvalue weighted by atomic mass is 32.2. The molecule has 1 aliphatic heterocycles. The van der Waals surface area contributed by atoms with Crippen LogP contribution in [0.2, 0.25) is 0 Å². The van der Waals surface area contributed by atoms with Crippen LogP contribution in [-0.2, 0) is 16.4 Å². The summed E-state index contributed by atoms with van der Waals surface area (Å²) < 4.78 is 28.4. The maximum Gasteiger partial charge on any atom is 0.150 e. The van der Waals surface area contributed by atoms with Crippen molar-refractivity contribution in [1.82, 2.24) is 5.32 Å². The van der Waals surface area contributed by atoms with Gasteiger partial charge in [-0.05, 0) is 35.9 Å². The molecular formula is C17H21NO3S. The average Bonchev–Trinajstić information content (AvgIpc) is 2.86. The van der Waals surface area contributed by atoms with E-state index in [0.717, 1.165) is 30.6 Å². The third kappa shape index (κ3) is 3.25. The fraction of sp³-hybridized carbons (Fsp3) is 0.412. The fourth-order valence-electron chi connectivity index (χ4n) is 3.11. The number of rotatable bonds is 5. The molecule has 0 radical (unpaired) electrons. The van der Waals surface area contributed by atoms with Gasteiger partial charge in [-0.2, -0.15) is 0 Å². The summed E-state index contributed by atoms with van der Waals surface area (Å²) in [5, 5.41) is 5.68. The molecule has 1 heterocycles. The zero-order valence-electron chi connectivity index (χ0n) is 12.7. The second-order valence-corrected chi connectivity index (χ2v) is 8.10. The SMILES string of the molecule is COc1ccc(CNC[C@H]2CCS(=O)(=O)C2)c2ccccc12. The molecule has 2 aromatic rings. The summed E-state index contributed by atoms with van der Waals surface area (Å²) >= 11 is 0. The second kappa shape index (κ2) is 6.26. The van der Waals surface area contributed by atoms with Gasteiger partial charge in [-0.3, -0.25) is 0 Å². The summed E-state index contributed by atoms with van der Waals surface area (Å²) in [7, 11) is -1.11. The molecule has 5 heteroatoms. The molecule has 3 rings (SSSR count). The Bertz CT molecular complexity index is 771. The molecule has 1 fully saturated rings. The van der Waals surface area contributed by atoms with Gasteiger partial charge in [-0.25, -0.2) is 8.42 Å². The number of hydrogen-bond donors (Lipinski definition) is 1. The van der Waals surface area contributed by atoms with Crippen molar-refractivity contribution in [3.63, 3.8) is 0 Å². The Morgan fingerprint density at radius 1 is 1.18 bits per heavy atom. The first-order valence-corrected chi connectivity index (χ1v) is 9.37. The van der Waals surface area contributed by atoms with Gasteiger partial charge in [-0.1, -0.05) is 30.3 Å². The van der Waals surface area contributed by atoms with E-state index in [2.05, 4.69) is 23.5 Å². The maximum atomic E-state index is 11.5. The van der Waals surface area contributed by atoms with E-state index in [1.54, 1.807) is 7.11 Å². The highest BCUT2D eigenvalue weighted by molar-refractivity contribution is 7.91. The van der Waals surface area contributed by atoms with E-state index in [1.807, 2.05) is 18.2 Å². The number of methoxy groups -OCH3 is 1. The third-order valence-corrected chi connectivity index (χ3v) is 6.11. The van der Waals surface area contributed by atoms with Crippen LogP contribution in [0.1, 0.15) is 12.0 Å². The third-order valence-electron chi connectivity index (χ3n) is 4.27. The number of nitrogens with one attached hydrogen (secondary N) is 1. The first-order chi connectivity index (χ1) is 10.6. The van der Waals surface area contributed by atoms with Crippen molar-refractivity contribution in [2.24, 2.45) is 5.92 Å². The molecule has 1 saturated heterocycles. The summed E-state index contributed by atoms with van der Waals surface area (Å²) in [5.74, 6) is 1.78. The van der Waals surface area contributed by atoms with Gasteiger partial charge in [-0.15, -0.1) is 0 Å². The number of ether oxygens (including phenoxy) is 1. The molecule has 118 valence electrons. The van der Waals surface area contributed by atoms with Crippen molar-refractivity contribution in [3.05, 3.63) is 42.0 Å². The molecule has 22 heavy (non-hydrogen) atoms. The van der Waals surface area contributed by atoms with E-state index >= 15 is 0 Å². The van der Waals surface area contributed by atoms with Gasteiger partial charge >= 0.3 is 0 Å². The molecule has 2 aromatic carbocycles. The Morgan fingerprint density at radius 2 is 1.95 bits per heavy atom. The normalized spacial score (nSPS) is 20.3. The number of hydrogen-bond acceptors (Lipinski definition) is 4. The van der Waals surface area contributed by atoms with Crippen molar-refractivity contribution < 1.29 is 13.2 Å². The largest absolute Gasteiger partial charge is 0.496 e. The lowest BCUT2D eigenvalue weighted by atomic mass is 10.0. The summed E-state index contributed by atoms with van der Waals surface area (Å²) in [6, 6.07) is 12.2. The minimum Gasteiger partial charge on any atom is -0.496 e. The van der Waals surface area contributed by atoms with Crippen molar-refractivity contribution in [2.45, 2.75) is 13.0 Å². The summed E-state index contributed by atoms with van der Waals surface area (Å²) in [5.41, 5.74) is 1.21. The zero-order valence-corrected chi connectivity index (χ0v) is 13.5. The molecule has 1 atom stereocenters. The molecule has 0 bridgehead atoms. The van der Waals surface area contributed by atoms with Gasteiger partial charge in [0.15, 0.2) is 9.84 Å². The highest BCUT2D eigenvalue weighted by Gasteiger charge is 2.27. The Labute approximate surface area is 131 Å². The lowest BCUT2D eigenvalue weighted by Gasteiger charge is -2.13. The molecule has 0 aromatic heterocycles. The van der Waals surface area contributed by atoms with E-state index in [4.69, 9.17) is 4.74 Å². The molecular weight excluding hydrogens is 298 g/mol. The zero-order chi connectivity index (χ0) is 15.6. The Morgan fingerprint density at radius 3 is 2.64 bits per heavy atom. The number of sulfone groups is 1. The molecule has 0 amide bonds.